The second-order valence-corrected chi connectivity index (χ2v) is 5.75. The number of carbonyl (C=O) groups is 1. The standard InChI is InChI=1S/C21H18N4O4/c1-27-17-7-3-14(4-8-17)19-11-16(12-22)21(29-19)23-13-24-25-20(26)15-5-9-18(28-2)10-6-15/h3-11,13H,1-2H3,(H,23,24)(H,25,26). The van der Waals surface area contributed by atoms with Crippen LogP contribution in [0.5, 0.6) is 11.5 Å². The lowest BCUT2D eigenvalue weighted by Crippen LogP contribution is -2.36. The molecule has 8 nitrogen and oxygen atoms in total. The van der Waals surface area contributed by atoms with Crippen molar-refractivity contribution in [1.82, 2.24) is 10.9 Å². The first-order valence-electron chi connectivity index (χ1n) is 8.55. The molecule has 0 aliphatic heterocycles. The van der Waals surface area contributed by atoms with Gasteiger partial charge >= 0.3 is 0 Å². The normalized spacial score (nSPS) is 10.4. The van der Waals surface area contributed by atoms with Gasteiger partial charge in [-0.05, 0) is 48.5 Å². The summed E-state index contributed by atoms with van der Waals surface area (Å²) in [6, 6.07) is 17.5. The molecule has 0 atom stereocenters. The van der Waals surface area contributed by atoms with Gasteiger partial charge in [0, 0.05) is 17.2 Å². The fourth-order valence-electron chi connectivity index (χ4n) is 2.46. The van der Waals surface area contributed by atoms with Crippen molar-refractivity contribution in [2.75, 3.05) is 14.2 Å². The average molecular weight is 390 g/mol. The number of ether oxygens (including phenoxy) is 2. The van der Waals surface area contributed by atoms with Crippen molar-refractivity contribution in [1.29, 1.82) is 5.26 Å². The van der Waals surface area contributed by atoms with Crippen molar-refractivity contribution in [2.24, 2.45) is 4.99 Å². The van der Waals surface area contributed by atoms with E-state index in [1.165, 1.54) is 6.34 Å². The van der Waals surface area contributed by atoms with Gasteiger partial charge in [-0.2, -0.15) is 5.26 Å². The average Bonchev–Trinajstić information content (AvgIpc) is 3.20. The highest BCUT2D eigenvalue weighted by Gasteiger charge is 2.12. The van der Waals surface area contributed by atoms with E-state index in [-0.39, 0.29) is 17.4 Å². The molecule has 0 radical (unpaired) electrons. The molecule has 29 heavy (non-hydrogen) atoms. The third kappa shape index (κ3) is 4.73. The van der Waals surface area contributed by atoms with Gasteiger partial charge in [0.15, 0.2) is 0 Å². The number of hydrogen-bond acceptors (Lipinski definition) is 6. The molecule has 8 heteroatoms. The van der Waals surface area contributed by atoms with Gasteiger partial charge in [0.2, 0.25) is 5.88 Å². The van der Waals surface area contributed by atoms with Crippen LogP contribution in [0, 0.1) is 11.3 Å². The van der Waals surface area contributed by atoms with Crippen LogP contribution in [0.4, 0.5) is 5.88 Å². The zero-order valence-corrected chi connectivity index (χ0v) is 15.8. The Balaban J connectivity index is 1.64. The second-order valence-electron chi connectivity index (χ2n) is 5.75. The van der Waals surface area contributed by atoms with Crippen molar-refractivity contribution in [3.8, 4) is 28.9 Å². The summed E-state index contributed by atoms with van der Waals surface area (Å²) in [6.45, 7) is 0. The number of furan rings is 1. The number of nitrogens with one attached hydrogen (secondary N) is 2. The Labute approximate surface area is 167 Å². The van der Waals surface area contributed by atoms with Crippen molar-refractivity contribution in [3.63, 3.8) is 0 Å². The van der Waals surface area contributed by atoms with E-state index in [0.717, 1.165) is 11.3 Å². The van der Waals surface area contributed by atoms with E-state index in [2.05, 4.69) is 15.8 Å². The van der Waals surface area contributed by atoms with Crippen LogP contribution < -0.4 is 20.3 Å². The number of hydrazine groups is 1. The fourth-order valence-corrected chi connectivity index (χ4v) is 2.46. The summed E-state index contributed by atoms with van der Waals surface area (Å²) < 4.78 is 15.8. The maximum absolute atomic E-state index is 12.1. The third-order valence-electron chi connectivity index (χ3n) is 3.99. The van der Waals surface area contributed by atoms with Crippen LogP contribution in [0.15, 0.2) is 64.0 Å². The first-order chi connectivity index (χ1) is 14.1. The zero-order valence-electron chi connectivity index (χ0n) is 15.8. The number of benzene rings is 2. The van der Waals surface area contributed by atoms with Crippen LogP contribution in [-0.2, 0) is 0 Å². The molecular weight excluding hydrogens is 372 g/mol. The van der Waals surface area contributed by atoms with E-state index in [1.54, 1.807) is 56.7 Å². The first-order valence-corrected chi connectivity index (χ1v) is 8.55. The summed E-state index contributed by atoms with van der Waals surface area (Å²) in [7, 11) is 3.14. The number of carbonyl (C=O) groups excluding carboxylic acids is 1. The summed E-state index contributed by atoms with van der Waals surface area (Å²) >= 11 is 0. The van der Waals surface area contributed by atoms with E-state index >= 15 is 0 Å². The Morgan fingerprint density at radius 3 is 2.28 bits per heavy atom. The van der Waals surface area contributed by atoms with Gasteiger partial charge in [-0.1, -0.05) is 0 Å². The van der Waals surface area contributed by atoms with E-state index in [4.69, 9.17) is 13.9 Å². The molecule has 0 aliphatic carbocycles. The highest BCUT2D eigenvalue weighted by Crippen LogP contribution is 2.31. The molecule has 2 N–H and O–H groups in total. The zero-order chi connectivity index (χ0) is 20.6. The second kappa shape index (κ2) is 9.10. The van der Waals surface area contributed by atoms with Crippen LogP contribution in [0.25, 0.3) is 11.3 Å². The number of methoxy groups -OCH3 is 2. The lowest BCUT2D eigenvalue weighted by Gasteiger charge is -2.04. The minimum atomic E-state index is -0.349. The molecule has 3 rings (SSSR count). The highest BCUT2D eigenvalue weighted by atomic mass is 16.5. The maximum Gasteiger partial charge on any atom is 0.269 e. The topological polar surface area (TPSA) is 109 Å². The predicted molar refractivity (Wildman–Crippen MR) is 107 cm³/mol. The summed E-state index contributed by atoms with van der Waals surface area (Å²) in [4.78, 5) is 16.1. The maximum atomic E-state index is 12.1. The summed E-state index contributed by atoms with van der Waals surface area (Å²) in [5.41, 5.74) is 6.55. The van der Waals surface area contributed by atoms with Gasteiger partial charge in [-0.25, -0.2) is 4.99 Å². The van der Waals surface area contributed by atoms with Crippen LogP contribution in [0.2, 0.25) is 0 Å². The largest absolute Gasteiger partial charge is 0.497 e. The Kier molecular flexibility index (Phi) is 6.12. The van der Waals surface area contributed by atoms with Crippen molar-refractivity contribution < 1.29 is 18.7 Å². The number of aliphatic imine (C=N–C) groups is 1. The van der Waals surface area contributed by atoms with E-state index in [0.29, 0.717) is 17.1 Å². The minimum Gasteiger partial charge on any atom is -0.497 e. The number of nitrogens with zero attached hydrogens (tertiary/aromatic N) is 2. The molecule has 1 amide bonds. The Morgan fingerprint density at radius 2 is 1.69 bits per heavy atom. The molecule has 0 unspecified atom stereocenters. The lowest BCUT2D eigenvalue weighted by atomic mass is 10.1. The smallest absolute Gasteiger partial charge is 0.269 e. The van der Waals surface area contributed by atoms with Crippen LogP contribution >= 0.6 is 0 Å². The molecule has 0 fully saturated rings. The number of amides is 1. The highest BCUT2D eigenvalue weighted by molar-refractivity contribution is 5.94. The molecular formula is C21H18N4O4. The molecule has 0 saturated heterocycles. The molecule has 3 aromatic rings. The summed E-state index contributed by atoms with van der Waals surface area (Å²) in [5, 5.41) is 9.29. The Morgan fingerprint density at radius 1 is 1.07 bits per heavy atom. The lowest BCUT2D eigenvalue weighted by molar-refractivity contribution is 0.0944. The molecule has 1 heterocycles. The van der Waals surface area contributed by atoms with Crippen LogP contribution in [0.3, 0.4) is 0 Å². The first kappa shape index (κ1) is 19.5. The molecule has 1 aromatic heterocycles. The van der Waals surface area contributed by atoms with E-state index in [9.17, 15) is 10.1 Å². The van der Waals surface area contributed by atoms with Gasteiger partial charge in [-0.15, -0.1) is 0 Å². The number of hydrogen-bond donors (Lipinski definition) is 2. The van der Waals surface area contributed by atoms with Gasteiger partial charge in [0.25, 0.3) is 5.91 Å². The van der Waals surface area contributed by atoms with E-state index in [1.807, 2.05) is 18.2 Å². The molecule has 146 valence electrons. The molecule has 2 aromatic carbocycles. The van der Waals surface area contributed by atoms with E-state index < -0.39 is 0 Å². The van der Waals surface area contributed by atoms with Crippen molar-refractivity contribution in [3.05, 3.63) is 65.7 Å². The fraction of sp³-hybridized carbons (Fsp3) is 0.0952. The van der Waals surface area contributed by atoms with Crippen molar-refractivity contribution in [2.45, 2.75) is 0 Å². The Hall–Kier alpha value is -4.25. The van der Waals surface area contributed by atoms with Gasteiger partial charge < -0.3 is 13.9 Å². The van der Waals surface area contributed by atoms with Crippen molar-refractivity contribution >= 4 is 18.1 Å². The van der Waals surface area contributed by atoms with Crippen LogP contribution in [-0.4, -0.2) is 26.5 Å². The quantitative estimate of drug-likeness (QED) is 0.363. The minimum absolute atomic E-state index is 0.129. The molecule has 0 bridgehead atoms. The summed E-state index contributed by atoms with van der Waals surface area (Å²) in [5.74, 6) is 1.66. The predicted octanol–water partition coefficient (Wildman–Crippen LogP) is 3.43. The number of nitriles is 1. The molecule has 0 saturated carbocycles. The van der Waals surface area contributed by atoms with Gasteiger partial charge in [0.1, 0.15) is 35.2 Å². The summed E-state index contributed by atoms with van der Waals surface area (Å²) in [6.07, 6.45) is 1.24. The van der Waals surface area contributed by atoms with Gasteiger partial charge in [-0.3, -0.25) is 15.6 Å². The van der Waals surface area contributed by atoms with Crippen LogP contribution in [0.1, 0.15) is 15.9 Å². The number of rotatable bonds is 7. The molecule has 0 aliphatic rings. The SMILES string of the molecule is COc1ccc(C(=O)NN/C=N\c2oc(-c3ccc(OC)cc3)cc2C#N)cc1. The monoisotopic (exact) mass is 390 g/mol. The molecule has 0 spiro atoms. The third-order valence-corrected chi connectivity index (χ3v) is 3.99. The van der Waals surface area contributed by atoms with Gasteiger partial charge in [0.05, 0.1) is 14.2 Å². The Bertz CT molecular complexity index is 1050.